The van der Waals surface area contributed by atoms with Crippen LogP contribution in [0, 0.1) is 20.8 Å². The summed E-state index contributed by atoms with van der Waals surface area (Å²) in [6.07, 6.45) is 0. The molecule has 1 aliphatic rings. The Kier molecular flexibility index (Phi) is 5.94. The molecule has 5 rings (SSSR count). The van der Waals surface area contributed by atoms with Crippen molar-refractivity contribution in [2.75, 3.05) is 10.2 Å². The third-order valence-corrected chi connectivity index (χ3v) is 8.19. The Labute approximate surface area is 211 Å². The molecule has 4 aromatic rings. The van der Waals surface area contributed by atoms with Gasteiger partial charge in [-0.3, -0.25) is 14.4 Å². The molecule has 1 atom stereocenters. The van der Waals surface area contributed by atoms with Crippen molar-refractivity contribution in [2.24, 2.45) is 0 Å². The molecule has 0 saturated carbocycles. The molecule has 1 aliphatic heterocycles. The quantitative estimate of drug-likeness (QED) is 0.262. The lowest BCUT2D eigenvalue weighted by atomic mass is 10.1. The lowest BCUT2D eigenvalue weighted by Gasteiger charge is -2.15. The standard InChI is InChI=1S/C27H23N3O3S2/c1-14-11-15(2)23(16(3)12-14)29-24(31)17(4)34-27-28-21-10-9-18(13-22(21)35-27)30-25(32)19-7-5-6-8-20(19)26(30)33/h5-13,17H,1-4H3,(H,29,31)/t17-/m1/s1. The first kappa shape index (κ1) is 23.3. The minimum atomic E-state index is -0.355. The predicted octanol–water partition coefficient (Wildman–Crippen LogP) is 6.14. The number of aromatic nitrogens is 1. The largest absolute Gasteiger partial charge is 0.325 e. The fraction of sp³-hybridized carbons (Fsp3) is 0.185. The number of imide groups is 1. The second-order valence-electron chi connectivity index (χ2n) is 8.65. The van der Waals surface area contributed by atoms with Crippen molar-refractivity contribution in [3.05, 3.63) is 82.4 Å². The van der Waals surface area contributed by atoms with Gasteiger partial charge in [0.25, 0.3) is 11.8 Å². The molecule has 6 nitrogen and oxygen atoms in total. The third-order valence-electron chi connectivity index (χ3n) is 5.98. The molecule has 3 aromatic carbocycles. The normalized spacial score (nSPS) is 13.9. The van der Waals surface area contributed by atoms with Crippen molar-refractivity contribution in [3.8, 4) is 0 Å². The summed E-state index contributed by atoms with van der Waals surface area (Å²) in [6.45, 7) is 7.88. The summed E-state index contributed by atoms with van der Waals surface area (Å²) < 4.78 is 1.60. The second kappa shape index (κ2) is 8.94. The molecule has 0 fully saturated rings. The highest BCUT2D eigenvalue weighted by Crippen LogP contribution is 2.36. The third kappa shape index (κ3) is 4.24. The van der Waals surface area contributed by atoms with E-state index in [1.54, 1.807) is 36.4 Å². The Morgan fingerprint density at radius 1 is 0.971 bits per heavy atom. The van der Waals surface area contributed by atoms with Crippen molar-refractivity contribution in [1.82, 2.24) is 4.98 Å². The van der Waals surface area contributed by atoms with E-state index in [4.69, 9.17) is 0 Å². The molecular weight excluding hydrogens is 478 g/mol. The number of hydrogen-bond donors (Lipinski definition) is 1. The number of rotatable bonds is 5. The highest BCUT2D eigenvalue weighted by Gasteiger charge is 2.36. The van der Waals surface area contributed by atoms with Crippen LogP contribution < -0.4 is 10.2 Å². The number of aryl methyl sites for hydroxylation is 3. The minimum Gasteiger partial charge on any atom is -0.325 e. The van der Waals surface area contributed by atoms with E-state index in [1.165, 1.54) is 28.0 Å². The molecule has 1 N–H and O–H groups in total. The van der Waals surface area contributed by atoms with Gasteiger partial charge in [0.05, 0.1) is 32.3 Å². The maximum atomic E-state index is 12.9. The number of nitrogens with zero attached hydrogens (tertiary/aromatic N) is 2. The molecule has 35 heavy (non-hydrogen) atoms. The molecular formula is C27H23N3O3S2. The Morgan fingerprint density at radius 2 is 1.60 bits per heavy atom. The molecule has 0 spiro atoms. The van der Waals surface area contributed by atoms with Crippen LogP contribution in [0.1, 0.15) is 44.3 Å². The van der Waals surface area contributed by atoms with Crippen LogP contribution in [-0.4, -0.2) is 28.0 Å². The molecule has 1 aromatic heterocycles. The maximum Gasteiger partial charge on any atom is 0.266 e. The van der Waals surface area contributed by atoms with Crippen LogP contribution >= 0.6 is 23.1 Å². The number of thioether (sulfide) groups is 1. The van der Waals surface area contributed by atoms with Gasteiger partial charge in [0.2, 0.25) is 5.91 Å². The van der Waals surface area contributed by atoms with E-state index in [2.05, 4.69) is 22.4 Å². The molecule has 3 amide bonds. The summed E-state index contributed by atoms with van der Waals surface area (Å²) >= 11 is 2.83. The van der Waals surface area contributed by atoms with Gasteiger partial charge in [-0.25, -0.2) is 9.88 Å². The Hall–Kier alpha value is -3.49. The van der Waals surface area contributed by atoms with Gasteiger partial charge in [0.15, 0.2) is 4.34 Å². The minimum absolute atomic E-state index is 0.0870. The summed E-state index contributed by atoms with van der Waals surface area (Å²) in [5.41, 5.74) is 6.19. The topological polar surface area (TPSA) is 79.4 Å². The highest BCUT2D eigenvalue weighted by atomic mass is 32.2. The van der Waals surface area contributed by atoms with Crippen molar-refractivity contribution in [1.29, 1.82) is 0 Å². The van der Waals surface area contributed by atoms with E-state index in [0.717, 1.165) is 36.9 Å². The Balaban J connectivity index is 1.34. The molecule has 0 unspecified atom stereocenters. The van der Waals surface area contributed by atoms with Crippen molar-refractivity contribution >= 4 is 62.4 Å². The first-order chi connectivity index (χ1) is 16.7. The monoisotopic (exact) mass is 501 g/mol. The van der Waals surface area contributed by atoms with Gasteiger partial charge in [-0.15, -0.1) is 11.3 Å². The SMILES string of the molecule is Cc1cc(C)c(NC(=O)[C@@H](C)Sc2nc3ccc(N4C(=O)c5ccccc5C4=O)cc3s2)c(C)c1. The maximum absolute atomic E-state index is 12.9. The van der Waals surface area contributed by atoms with Gasteiger partial charge in [0.1, 0.15) is 0 Å². The van der Waals surface area contributed by atoms with Gasteiger partial charge in [0, 0.05) is 5.69 Å². The number of amides is 3. The van der Waals surface area contributed by atoms with Gasteiger partial charge < -0.3 is 5.32 Å². The summed E-state index contributed by atoms with van der Waals surface area (Å²) in [6, 6.07) is 16.3. The average molecular weight is 502 g/mol. The zero-order valence-corrected chi connectivity index (χ0v) is 21.3. The van der Waals surface area contributed by atoms with Gasteiger partial charge in [-0.1, -0.05) is 41.6 Å². The zero-order chi connectivity index (χ0) is 24.9. The predicted molar refractivity (Wildman–Crippen MR) is 142 cm³/mol. The number of carbonyl (C=O) groups excluding carboxylic acids is 3. The first-order valence-corrected chi connectivity index (χ1v) is 12.9. The van der Waals surface area contributed by atoms with E-state index in [0.29, 0.717) is 16.8 Å². The number of anilines is 2. The van der Waals surface area contributed by atoms with Gasteiger partial charge in [-0.05, 0) is 69.2 Å². The van der Waals surface area contributed by atoms with Crippen LogP contribution in [0.4, 0.5) is 11.4 Å². The molecule has 8 heteroatoms. The van der Waals surface area contributed by atoms with Crippen LogP contribution in [-0.2, 0) is 4.79 Å². The van der Waals surface area contributed by atoms with E-state index in [-0.39, 0.29) is 23.0 Å². The molecule has 0 radical (unpaired) electrons. The fourth-order valence-electron chi connectivity index (χ4n) is 4.31. The summed E-state index contributed by atoms with van der Waals surface area (Å²) in [7, 11) is 0. The summed E-state index contributed by atoms with van der Waals surface area (Å²) in [5, 5.41) is 2.70. The van der Waals surface area contributed by atoms with E-state index in [9.17, 15) is 14.4 Å². The number of fused-ring (bicyclic) bond motifs is 2. The van der Waals surface area contributed by atoms with Crippen LogP contribution in [0.15, 0.2) is 58.9 Å². The highest BCUT2D eigenvalue weighted by molar-refractivity contribution is 8.02. The Bertz CT molecular complexity index is 1470. The zero-order valence-electron chi connectivity index (χ0n) is 19.7. The van der Waals surface area contributed by atoms with Crippen LogP contribution in [0.3, 0.4) is 0 Å². The summed E-state index contributed by atoms with van der Waals surface area (Å²) in [5.74, 6) is -0.733. The number of hydrogen-bond acceptors (Lipinski definition) is 6. The number of carbonyl (C=O) groups is 3. The van der Waals surface area contributed by atoms with E-state index >= 15 is 0 Å². The van der Waals surface area contributed by atoms with Crippen molar-refractivity contribution in [2.45, 2.75) is 37.3 Å². The van der Waals surface area contributed by atoms with Crippen LogP contribution in [0.5, 0.6) is 0 Å². The van der Waals surface area contributed by atoms with Gasteiger partial charge in [-0.2, -0.15) is 0 Å². The fourth-order valence-corrected chi connectivity index (χ4v) is 6.56. The molecule has 176 valence electrons. The average Bonchev–Trinajstić information content (AvgIpc) is 3.33. The molecule has 0 saturated heterocycles. The lowest BCUT2D eigenvalue weighted by molar-refractivity contribution is -0.115. The number of thiazole rings is 1. The van der Waals surface area contributed by atoms with Gasteiger partial charge >= 0.3 is 0 Å². The molecule has 2 heterocycles. The van der Waals surface area contributed by atoms with Crippen molar-refractivity contribution in [3.63, 3.8) is 0 Å². The first-order valence-electron chi connectivity index (χ1n) is 11.2. The van der Waals surface area contributed by atoms with Crippen LogP contribution in [0.25, 0.3) is 10.2 Å². The molecule has 0 aliphatic carbocycles. The lowest BCUT2D eigenvalue weighted by Crippen LogP contribution is -2.29. The summed E-state index contributed by atoms with van der Waals surface area (Å²) in [4.78, 5) is 44.4. The van der Waals surface area contributed by atoms with Crippen molar-refractivity contribution < 1.29 is 14.4 Å². The van der Waals surface area contributed by atoms with E-state index < -0.39 is 0 Å². The van der Waals surface area contributed by atoms with Crippen LogP contribution in [0.2, 0.25) is 0 Å². The Morgan fingerprint density at radius 3 is 2.23 bits per heavy atom. The molecule has 0 bridgehead atoms. The smallest absolute Gasteiger partial charge is 0.266 e. The van der Waals surface area contributed by atoms with E-state index in [1.807, 2.05) is 33.8 Å². The number of benzene rings is 3. The number of nitrogens with one attached hydrogen (secondary N) is 1. The second-order valence-corrected chi connectivity index (χ2v) is 11.3.